The number of hydrogen-bond donors (Lipinski definition) is 0. The van der Waals surface area contributed by atoms with Crippen molar-refractivity contribution in [3.8, 4) is 123 Å². The third-order valence-electron chi connectivity index (χ3n) is 13.3. The Labute approximate surface area is 421 Å². The van der Waals surface area contributed by atoms with Gasteiger partial charge >= 0.3 is 0 Å². The Balaban J connectivity index is 1.16. The molecule has 0 atom stereocenters. The normalized spacial score (nSPS) is 11.1. The quantitative estimate of drug-likeness (QED) is 0.130. The van der Waals surface area contributed by atoms with E-state index in [4.69, 9.17) is 15.0 Å². The first kappa shape index (κ1) is 43.7. The summed E-state index contributed by atoms with van der Waals surface area (Å²) < 4.78 is 0. The highest BCUT2D eigenvalue weighted by Gasteiger charge is 2.25. The summed E-state index contributed by atoms with van der Waals surface area (Å²) in [5, 5.41) is 0. The standard InChI is InChI=1S/C69H47N3/c1-9-25-48(26-10-1)56-41-57(49-27-11-2-12-28-49)44-60(43-56)68-70-67(55-39-23-8-24-40-55)71-69(72-68)61-45-58(50-29-13-3-14-30-50)42-59(46-61)63-47-62(51-31-15-4-16-32-51)64(52-33-17-5-18-34-52)66(54-37-21-7-22-38-54)65(63)53-35-19-6-20-36-53/h1-47H. The van der Waals surface area contributed by atoms with E-state index in [9.17, 15) is 0 Å². The maximum absolute atomic E-state index is 5.48. The van der Waals surface area contributed by atoms with E-state index in [0.717, 1.165) is 100 Å². The second kappa shape index (κ2) is 19.8. The van der Waals surface area contributed by atoms with Crippen molar-refractivity contribution >= 4 is 0 Å². The van der Waals surface area contributed by atoms with Crippen molar-refractivity contribution in [3.05, 3.63) is 285 Å². The Morgan fingerprint density at radius 3 is 0.750 bits per heavy atom. The third-order valence-corrected chi connectivity index (χ3v) is 13.3. The molecule has 0 aliphatic carbocycles. The van der Waals surface area contributed by atoms with Gasteiger partial charge in [0.25, 0.3) is 0 Å². The average molecular weight is 918 g/mol. The number of hydrogen-bond acceptors (Lipinski definition) is 3. The van der Waals surface area contributed by atoms with E-state index < -0.39 is 0 Å². The van der Waals surface area contributed by atoms with Gasteiger partial charge < -0.3 is 0 Å². The fraction of sp³-hybridized carbons (Fsp3) is 0. The Morgan fingerprint density at radius 2 is 0.389 bits per heavy atom. The largest absolute Gasteiger partial charge is 0.208 e. The highest BCUT2D eigenvalue weighted by Crippen LogP contribution is 2.51. The van der Waals surface area contributed by atoms with Crippen LogP contribution in [-0.2, 0) is 0 Å². The molecule has 0 saturated carbocycles. The lowest BCUT2D eigenvalue weighted by Crippen LogP contribution is -2.01. The maximum Gasteiger partial charge on any atom is 0.164 e. The minimum Gasteiger partial charge on any atom is -0.208 e. The van der Waals surface area contributed by atoms with Gasteiger partial charge in [0, 0.05) is 16.7 Å². The smallest absolute Gasteiger partial charge is 0.164 e. The van der Waals surface area contributed by atoms with Gasteiger partial charge in [-0.1, -0.05) is 243 Å². The van der Waals surface area contributed by atoms with Crippen molar-refractivity contribution < 1.29 is 0 Å². The number of benzene rings is 11. The van der Waals surface area contributed by atoms with E-state index in [2.05, 4.69) is 267 Å². The highest BCUT2D eigenvalue weighted by atomic mass is 15.0. The summed E-state index contributed by atoms with van der Waals surface area (Å²) in [6.45, 7) is 0. The van der Waals surface area contributed by atoms with E-state index in [1.807, 2.05) is 18.2 Å². The molecule has 0 bridgehead atoms. The van der Waals surface area contributed by atoms with Crippen LogP contribution >= 0.6 is 0 Å². The molecule has 0 aliphatic heterocycles. The molecule has 72 heavy (non-hydrogen) atoms. The van der Waals surface area contributed by atoms with Crippen molar-refractivity contribution in [2.24, 2.45) is 0 Å². The first-order valence-electron chi connectivity index (χ1n) is 24.4. The van der Waals surface area contributed by atoms with Crippen molar-refractivity contribution in [1.29, 1.82) is 0 Å². The van der Waals surface area contributed by atoms with Gasteiger partial charge in [0.15, 0.2) is 17.5 Å². The van der Waals surface area contributed by atoms with Gasteiger partial charge in [0.1, 0.15) is 0 Å². The molecule has 3 heteroatoms. The minimum atomic E-state index is 0.581. The topological polar surface area (TPSA) is 38.7 Å². The molecule has 11 aromatic carbocycles. The van der Waals surface area contributed by atoms with Crippen LogP contribution in [0.25, 0.3) is 123 Å². The summed E-state index contributed by atoms with van der Waals surface area (Å²) in [7, 11) is 0. The van der Waals surface area contributed by atoms with Crippen LogP contribution in [0.1, 0.15) is 0 Å². The predicted octanol–water partition coefficient (Wildman–Crippen LogP) is 18.2. The predicted molar refractivity (Wildman–Crippen MR) is 300 cm³/mol. The van der Waals surface area contributed by atoms with Crippen LogP contribution in [0.2, 0.25) is 0 Å². The monoisotopic (exact) mass is 917 g/mol. The lowest BCUT2D eigenvalue weighted by molar-refractivity contribution is 1.07. The summed E-state index contributed by atoms with van der Waals surface area (Å²) in [6, 6.07) is 101. The van der Waals surface area contributed by atoms with Gasteiger partial charge in [-0.25, -0.2) is 15.0 Å². The first-order valence-corrected chi connectivity index (χ1v) is 24.4. The van der Waals surface area contributed by atoms with Crippen LogP contribution < -0.4 is 0 Å². The second-order valence-electron chi connectivity index (χ2n) is 17.9. The zero-order valence-electron chi connectivity index (χ0n) is 39.5. The molecular weight excluding hydrogens is 871 g/mol. The molecule has 12 aromatic rings. The zero-order valence-corrected chi connectivity index (χ0v) is 39.5. The second-order valence-corrected chi connectivity index (χ2v) is 17.9. The van der Waals surface area contributed by atoms with Crippen LogP contribution in [0.5, 0.6) is 0 Å². The molecule has 0 saturated heterocycles. The number of rotatable bonds is 11. The highest BCUT2D eigenvalue weighted by molar-refractivity contribution is 6.08. The molecule has 1 heterocycles. The van der Waals surface area contributed by atoms with Gasteiger partial charge in [-0.15, -0.1) is 0 Å². The molecule has 0 aliphatic rings. The van der Waals surface area contributed by atoms with Crippen LogP contribution in [0.3, 0.4) is 0 Å². The Bertz CT molecular complexity index is 3730. The molecule has 0 unspecified atom stereocenters. The van der Waals surface area contributed by atoms with Gasteiger partial charge in [-0.3, -0.25) is 0 Å². The van der Waals surface area contributed by atoms with Gasteiger partial charge in [-0.2, -0.15) is 0 Å². The van der Waals surface area contributed by atoms with Crippen LogP contribution in [0, 0.1) is 0 Å². The summed E-state index contributed by atoms with van der Waals surface area (Å²) in [5.74, 6) is 1.77. The molecule has 0 amide bonds. The zero-order chi connectivity index (χ0) is 48.1. The minimum absolute atomic E-state index is 0.581. The van der Waals surface area contributed by atoms with E-state index in [1.54, 1.807) is 0 Å². The molecular formula is C69H47N3. The molecule has 12 rings (SSSR count). The molecule has 1 aromatic heterocycles. The van der Waals surface area contributed by atoms with Crippen molar-refractivity contribution in [1.82, 2.24) is 15.0 Å². The van der Waals surface area contributed by atoms with Gasteiger partial charge in [0.05, 0.1) is 0 Å². The van der Waals surface area contributed by atoms with Crippen molar-refractivity contribution in [3.63, 3.8) is 0 Å². The van der Waals surface area contributed by atoms with Crippen molar-refractivity contribution in [2.45, 2.75) is 0 Å². The van der Waals surface area contributed by atoms with E-state index in [-0.39, 0.29) is 0 Å². The van der Waals surface area contributed by atoms with Gasteiger partial charge in [-0.05, 0) is 131 Å². The molecule has 0 fully saturated rings. The lowest BCUT2D eigenvalue weighted by Gasteiger charge is -2.25. The van der Waals surface area contributed by atoms with Crippen LogP contribution in [0.15, 0.2) is 285 Å². The molecule has 0 radical (unpaired) electrons. The number of aromatic nitrogens is 3. The van der Waals surface area contributed by atoms with E-state index in [1.165, 1.54) is 5.56 Å². The third kappa shape index (κ3) is 8.95. The van der Waals surface area contributed by atoms with E-state index in [0.29, 0.717) is 17.5 Å². The molecule has 0 spiro atoms. The van der Waals surface area contributed by atoms with Crippen LogP contribution in [0.4, 0.5) is 0 Å². The summed E-state index contributed by atoms with van der Waals surface area (Å²) in [5.41, 5.74) is 20.5. The summed E-state index contributed by atoms with van der Waals surface area (Å²) >= 11 is 0. The number of nitrogens with zero attached hydrogens (tertiary/aromatic N) is 3. The van der Waals surface area contributed by atoms with Crippen LogP contribution in [-0.4, -0.2) is 15.0 Å². The molecule has 3 nitrogen and oxygen atoms in total. The fourth-order valence-electron chi connectivity index (χ4n) is 9.87. The first-order chi connectivity index (χ1) is 35.7. The van der Waals surface area contributed by atoms with Gasteiger partial charge in [0.2, 0.25) is 0 Å². The Hall–Kier alpha value is -9.57. The summed E-state index contributed by atoms with van der Waals surface area (Å²) in [4.78, 5) is 16.1. The average Bonchev–Trinajstić information content (AvgIpc) is 3.48. The SMILES string of the molecule is c1ccc(-c2cc(-c3ccccc3)cc(-c3nc(-c4ccccc4)nc(-c4cc(-c5ccccc5)cc(-c5cc(-c6ccccc6)c(-c6ccccc6)c(-c6ccccc6)c5-c5ccccc5)c4)n3)c2)cc1. The Kier molecular flexibility index (Phi) is 12.0. The fourth-order valence-corrected chi connectivity index (χ4v) is 9.87. The molecule has 338 valence electrons. The van der Waals surface area contributed by atoms with Crippen molar-refractivity contribution in [2.75, 3.05) is 0 Å². The maximum atomic E-state index is 5.48. The van der Waals surface area contributed by atoms with E-state index >= 15 is 0 Å². The summed E-state index contributed by atoms with van der Waals surface area (Å²) in [6.07, 6.45) is 0. The molecule has 0 N–H and O–H groups in total. The Morgan fingerprint density at radius 1 is 0.153 bits per heavy atom. The lowest BCUT2D eigenvalue weighted by atomic mass is 9.78.